The van der Waals surface area contributed by atoms with Crippen molar-refractivity contribution in [3.05, 3.63) is 23.8 Å². The SMILES string of the molecule is Cc1ncc(C2OC(C)(C)C(C)(C)O2)cn1. The summed E-state index contributed by atoms with van der Waals surface area (Å²) in [4.78, 5) is 8.30. The molecule has 0 aromatic carbocycles. The van der Waals surface area contributed by atoms with Crippen molar-refractivity contribution in [2.75, 3.05) is 0 Å². The van der Waals surface area contributed by atoms with Crippen LogP contribution in [-0.2, 0) is 9.47 Å². The summed E-state index contributed by atoms with van der Waals surface area (Å²) in [6.45, 7) is 9.97. The molecule has 1 fully saturated rings. The first kappa shape index (κ1) is 11.5. The van der Waals surface area contributed by atoms with Crippen LogP contribution in [0.3, 0.4) is 0 Å². The average Bonchev–Trinajstić information content (AvgIpc) is 2.37. The Morgan fingerprint density at radius 2 is 1.44 bits per heavy atom. The van der Waals surface area contributed by atoms with Gasteiger partial charge in [0.05, 0.1) is 11.2 Å². The molecule has 1 saturated heterocycles. The molecule has 1 aromatic heterocycles. The molecule has 1 aliphatic rings. The van der Waals surface area contributed by atoms with E-state index in [4.69, 9.17) is 9.47 Å². The number of rotatable bonds is 1. The molecule has 0 saturated carbocycles. The zero-order valence-electron chi connectivity index (χ0n) is 10.4. The van der Waals surface area contributed by atoms with Crippen LogP contribution in [0.25, 0.3) is 0 Å². The molecule has 4 heteroatoms. The third-order valence-electron chi connectivity index (χ3n) is 3.33. The second-order valence-electron chi connectivity index (χ2n) is 5.15. The van der Waals surface area contributed by atoms with E-state index in [1.807, 2.05) is 34.6 Å². The van der Waals surface area contributed by atoms with Crippen molar-refractivity contribution in [1.29, 1.82) is 0 Å². The molecular formula is C12H18N2O2. The summed E-state index contributed by atoms with van der Waals surface area (Å²) in [6.07, 6.45) is 3.14. The molecule has 0 atom stereocenters. The summed E-state index contributed by atoms with van der Waals surface area (Å²) in [5.41, 5.74) is 0.231. The van der Waals surface area contributed by atoms with Crippen molar-refractivity contribution < 1.29 is 9.47 Å². The lowest BCUT2D eigenvalue weighted by atomic mass is 9.90. The van der Waals surface area contributed by atoms with Crippen molar-refractivity contribution in [3.8, 4) is 0 Å². The van der Waals surface area contributed by atoms with E-state index in [0.717, 1.165) is 11.4 Å². The van der Waals surface area contributed by atoms with Gasteiger partial charge in [0.15, 0.2) is 6.29 Å². The molecule has 0 N–H and O–H groups in total. The average molecular weight is 222 g/mol. The first-order valence-electron chi connectivity index (χ1n) is 5.46. The van der Waals surface area contributed by atoms with E-state index < -0.39 is 0 Å². The van der Waals surface area contributed by atoms with Gasteiger partial charge < -0.3 is 9.47 Å². The van der Waals surface area contributed by atoms with E-state index in [9.17, 15) is 0 Å². The molecule has 16 heavy (non-hydrogen) atoms. The van der Waals surface area contributed by atoms with Gasteiger partial charge in [0.2, 0.25) is 0 Å². The Morgan fingerprint density at radius 3 is 1.88 bits per heavy atom. The highest BCUT2D eigenvalue weighted by Gasteiger charge is 2.49. The highest BCUT2D eigenvalue weighted by molar-refractivity contribution is 5.10. The largest absolute Gasteiger partial charge is 0.339 e. The monoisotopic (exact) mass is 222 g/mol. The molecule has 2 heterocycles. The van der Waals surface area contributed by atoms with Gasteiger partial charge in [-0.05, 0) is 34.6 Å². The topological polar surface area (TPSA) is 44.2 Å². The van der Waals surface area contributed by atoms with Crippen LogP contribution in [-0.4, -0.2) is 21.2 Å². The number of aromatic nitrogens is 2. The second kappa shape index (κ2) is 3.50. The predicted octanol–water partition coefficient (Wildman–Crippen LogP) is 2.39. The fraction of sp³-hybridized carbons (Fsp3) is 0.667. The molecule has 4 nitrogen and oxygen atoms in total. The highest BCUT2D eigenvalue weighted by atomic mass is 16.7. The molecule has 0 spiro atoms. The van der Waals surface area contributed by atoms with Crippen molar-refractivity contribution in [2.24, 2.45) is 0 Å². The van der Waals surface area contributed by atoms with Crippen LogP contribution in [0.2, 0.25) is 0 Å². The molecule has 0 amide bonds. The Morgan fingerprint density at radius 1 is 1.00 bits per heavy atom. The molecule has 0 radical (unpaired) electrons. The Hall–Kier alpha value is -1.00. The van der Waals surface area contributed by atoms with Gasteiger partial charge >= 0.3 is 0 Å². The first-order valence-corrected chi connectivity index (χ1v) is 5.46. The Bertz CT molecular complexity index is 369. The van der Waals surface area contributed by atoms with Gasteiger partial charge in [-0.25, -0.2) is 9.97 Å². The Kier molecular flexibility index (Phi) is 2.51. The lowest BCUT2D eigenvalue weighted by molar-refractivity contribution is -0.0899. The minimum atomic E-state index is -0.370. The van der Waals surface area contributed by atoms with Crippen molar-refractivity contribution in [3.63, 3.8) is 0 Å². The van der Waals surface area contributed by atoms with Crippen molar-refractivity contribution in [2.45, 2.75) is 52.1 Å². The smallest absolute Gasteiger partial charge is 0.188 e. The summed E-state index contributed by atoms with van der Waals surface area (Å²) in [5, 5.41) is 0. The first-order chi connectivity index (χ1) is 7.32. The number of ether oxygens (including phenoxy) is 2. The fourth-order valence-corrected chi connectivity index (χ4v) is 1.50. The zero-order chi connectivity index (χ0) is 12.0. The molecule has 88 valence electrons. The fourth-order valence-electron chi connectivity index (χ4n) is 1.50. The van der Waals surface area contributed by atoms with Gasteiger partial charge in [0, 0.05) is 18.0 Å². The quantitative estimate of drug-likeness (QED) is 0.731. The summed E-state index contributed by atoms with van der Waals surface area (Å²) in [7, 11) is 0. The molecule has 1 aromatic rings. The van der Waals surface area contributed by atoms with Crippen LogP contribution in [0, 0.1) is 6.92 Å². The maximum atomic E-state index is 5.89. The lowest BCUT2D eigenvalue weighted by Gasteiger charge is -2.30. The number of hydrogen-bond donors (Lipinski definition) is 0. The van der Waals surface area contributed by atoms with E-state index in [1.165, 1.54) is 0 Å². The Labute approximate surface area is 96.0 Å². The highest BCUT2D eigenvalue weighted by Crippen LogP contribution is 2.44. The van der Waals surface area contributed by atoms with Gasteiger partial charge in [-0.15, -0.1) is 0 Å². The molecule has 2 rings (SSSR count). The summed E-state index contributed by atoms with van der Waals surface area (Å²) < 4.78 is 11.8. The second-order valence-corrected chi connectivity index (χ2v) is 5.15. The van der Waals surface area contributed by atoms with Gasteiger partial charge in [-0.2, -0.15) is 0 Å². The molecule has 0 unspecified atom stereocenters. The van der Waals surface area contributed by atoms with Crippen LogP contribution in [0.5, 0.6) is 0 Å². The minimum Gasteiger partial charge on any atom is -0.339 e. The lowest BCUT2D eigenvalue weighted by Crippen LogP contribution is -2.41. The molecule has 0 aliphatic carbocycles. The van der Waals surface area contributed by atoms with Gasteiger partial charge in [0.1, 0.15) is 5.82 Å². The third-order valence-corrected chi connectivity index (χ3v) is 3.33. The minimum absolute atomic E-state index is 0.317. The maximum Gasteiger partial charge on any atom is 0.188 e. The normalized spacial score (nSPS) is 23.6. The van der Waals surface area contributed by atoms with Gasteiger partial charge in [0.25, 0.3) is 0 Å². The number of nitrogens with zero attached hydrogens (tertiary/aromatic N) is 2. The van der Waals surface area contributed by atoms with Crippen LogP contribution in [0.1, 0.15) is 45.4 Å². The van der Waals surface area contributed by atoms with Crippen molar-refractivity contribution >= 4 is 0 Å². The van der Waals surface area contributed by atoms with Crippen LogP contribution in [0.15, 0.2) is 12.4 Å². The Balaban J connectivity index is 2.23. The zero-order valence-corrected chi connectivity index (χ0v) is 10.4. The predicted molar refractivity (Wildman–Crippen MR) is 59.8 cm³/mol. The van der Waals surface area contributed by atoms with Gasteiger partial charge in [-0.1, -0.05) is 0 Å². The van der Waals surface area contributed by atoms with E-state index in [2.05, 4.69) is 9.97 Å². The van der Waals surface area contributed by atoms with E-state index in [1.54, 1.807) is 12.4 Å². The number of hydrogen-bond acceptors (Lipinski definition) is 4. The van der Waals surface area contributed by atoms with Crippen LogP contribution in [0.4, 0.5) is 0 Å². The van der Waals surface area contributed by atoms with Gasteiger partial charge in [-0.3, -0.25) is 0 Å². The summed E-state index contributed by atoms with van der Waals surface area (Å²) in [5.74, 6) is 0.750. The summed E-state index contributed by atoms with van der Waals surface area (Å²) >= 11 is 0. The van der Waals surface area contributed by atoms with E-state index in [0.29, 0.717) is 0 Å². The molecular weight excluding hydrogens is 204 g/mol. The number of aryl methyl sites for hydroxylation is 1. The van der Waals surface area contributed by atoms with Crippen LogP contribution >= 0.6 is 0 Å². The third kappa shape index (κ3) is 1.83. The molecule has 1 aliphatic heterocycles. The van der Waals surface area contributed by atoms with Crippen LogP contribution < -0.4 is 0 Å². The van der Waals surface area contributed by atoms with Crippen molar-refractivity contribution in [1.82, 2.24) is 9.97 Å². The van der Waals surface area contributed by atoms with E-state index >= 15 is 0 Å². The maximum absolute atomic E-state index is 5.89. The summed E-state index contributed by atoms with van der Waals surface area (Å²) in [6, 6.07) is 0. The van der Waals surface area contributed by atoms with E-state index in [-0.39, 0.29) is 17.5 Å². The standard InChI is InChI=1S/C12H18N2O2/c1-8-13-6-9(7-14-8)10-15-11(2,3)12(4,5)16-10/h6-7,10H,1-5H3. The molecule has 0 bridgehead atoms.